The van der Waals surface area contributed by atoms with E-state index in [1.54, 1.807) is 12.1 Å². The molecule has 0 aliphatic heterocycles. The summed E-state index contributed by atoms with van der Waals surface area (Å²) in [5.41, 5.74) is 2.16. The molecule has 0 spiro atoms. The van der Waals surface area contributed by atoms with Gasteiger partial charge in [0, 0.05) is 5.92 Å². The van der Waals surface area contributed by atoms with Crippen molar-refractivity contribution in [1.29, 1.82) is 5.26 Å². The second kappa shape index (κ2) is 5.46. The minimum Gasteiger partial charge on any atom is -0.475 e. The Morgan fingerprint density at radius 2 is 1.85 bits per heavy atom. The van der Waals surface area contributed by atoms with Gasteiger partial charge in [-0.15, -0.1) is 0 Å². The zero-order valence-corrected chi connectivity index (χ0v) is 11.9. The van der Waals surface area contributed by atoms with Crippen LogP contribution in [0.4, 0.5) is 0 Å². The molecule has 20 heavy (non-hydrogen) atoms. The average Bonchev–Trinajstić information content (AvgIpc) is 3.18. The second-order valence-corrected chi connectivity index (χ2v) is 5.33. The first-order chi connectivity index (χ1) is 9.43. The van der Waals surface area contributed by atoms with Gasteiger partial charge >= 0.3 is 0 Å². The highest BCUT2D eigenvalue weighted by molar-refractivity contribution is 6.06. The first kappa shape index (κ1) is 14.3. The molecule has 1 unspecified atom stereocenters. The Labute approximate surface area is 118 Å². The van der Waals surface area contributed by atoms with Crippen LogP contribution in [0.25, 0.3) is 0 Å². The Bertz CT molecular complexity index is 586. The smallest absolute Gasteiger partial charge is 0.214 e. The monoisotopic (exact) mass is 271 g/mol. The molecule has 1 atom stereocenters. The number of nitriles is 1. The molecule has 1 aromatic rings. The lowest BCUT2D eigenvalue weighted by molar-refractivity contribution is -0.136. The van der Waals surface area contributed by atoms with Crippen LogP contribution in [-0.4, -0.2) is 17.7 Å². The van der Waals surface area contributed by atoms with E-state index in [0.29, 0.717) is 11.3 Å². The minimum absolute atomic E-state index is 0.0236. The van der Waals surface area contributed by atoms with E-state index in [1.165, 1.54) is 6.92 Å². The fourth-order valence-electron chi connectivity index (χ4n) is 2.23. The Balaban J connectivity index is 2.25. The molecule has 0 radical (unpaired) electrons. The third kappa shape index (κ3) is 2.88. The molecule has 2 rings (SSSR count). The van der Waals surface area contributed by atoms with Gasteiger partial charge in [-0.3, -0.25) is 9.59 Å². The van der Waals surface area contributed by atoms with Crippen molar-refractivity contribution < 1.29 is 14.3 Å². The van der Waals surface area contributed by atoms with Crippen LogP contribution in [0.5, 0.6) is 5.75 Å². The number of carbonyl (C=O) groups is 2. The molecule has 4 nitrogen and oxygen atoms in total. The molecule has 1 aliphatic rings. The van der Waals surface area contributed by atoms with Crippen LogP contribution in [0.3, 0.4) is 0 Å². The van der Waals surface area contributed by atoms with Crippen LogP contribution in [-0.2, 0) is 9.59 Å². The molecule has 0 N–H and O–H groups in total. The lowest BCUT2D eigenvalue weighted by Crippen LogP contribution is -2.35. The Kier molecular flexibility index (Phi) is 3.89. The van der Waals surface area contributed by atoms with Gasteiger partial charge in [0.2, 0.25) is 6.10 Å². The molecule has 0 saturated heterocycles. The van der Waals surface area contributed by atoms with Gasteiger partial charge in [-0.25, -0.2) is 0 Å². The summed E-state index contributed by atoms with van der Waals surface area (Å²) in [4.78, 5) is 23.7. The third-order valence-electron chi connectivity index (χ3n) is 3.48. The van der Waals surface area contributed by atoms with E-state index in [0.717, 1.165) is 24.0 Å². The number of ketones is 2. The van der Waals surface area contributed by atoms with Gasteiger partial charge < -0.3 is 4.74 Å². The van der Waals surface area contributed by atoms with Crippen molar-refractivity contribution in [2.75, 3.05) is 0 Å². The van der Waals surface area contributed by atoms with Crippen LogP contribution in [0.15, 0.2) is 12.1 Å². The molecular formula is C16H17NO3. The number of aryl methyl sites for hydroxylation is 2. The highest BCUT2D eigenvalue weighted by Crippen LogP contribution is 2.32. The summed E-state index contributed by atoms with van der Waals surface area (Å²) in [7, 11) is 0. The predicted octanol–water partition coefficient (Wildman–Crippen LogP) is 2.49. The Morgan fingerprint density at radius 3 is 2.25 bits per heavy atom. The number of nitrogens with zero attached hydrogens (tertiary/aromatic N) is 1. The van der Waals surface area contributed by atoms with E-state index in [2.05, 4.69) is 6.07 Å². The minimum atomic E-state index is -1.02. The molecule has 104 valence electrons. The first-order valence-electron chi connectivity index (χ1n) is 6.66. The number of carbonyl (C=O) groups excluding carboxylic acids is 2. The van der Waals surface area contributed by atoms with E-state index < -0.39 is 6.10 Å². The SMILES string of the molecule is CC(=O)C(Oc1cc(C)c(C#N)c(C)c1)C(=O)C1CC1. The standard InChI is InChI=1S/C16H17NO3/c1-9-6-13(7-10(2)14(9)8-17)20-16(11(3)18)15(19)12-4-5-12/h6-7,12,16H,4-5H2,1-3H3. The maximum Gasteiger partial charge on any atom is 0.214 e. The molecule has 4 heteroatoms. The largest absolute Gasteiger partial charge is 0.475 e. The topological polar surface area (TPSA) is 67.2 Å². The molecule has 0 aromatic heterocycles. The summed E-state index contributed by atoms with van der Waals surface area (Å²) in [6, 6.07) is 5.52. The summed E-state index contributed by atoms with van der Waals surface area (Å²) in [6.07, 6.45) is 0.670. The van der Waals surface area contributed by atoms with Crippen LogP contribution in [0, 0.1) is 31.1 Å². The summed E-state index contributed by atoms with van der Waals surface area (Å²) in [5, 5.41) is 9.03. The maximum atomic E-state index is 12.0. The van der Waals surface area contributed by atoms with Gasteiger partial charge in [0.25, 0.3) is 0 Å². The molecule has 0 heterocycles. The molecule has 1 fully saturated rings. The van der Waals surface area contributed by atoms with Crippen LogP contribution >= 0.6 is 0 Å². The number of Topliss-reactive ketones (excluding diaryl/α,β-unsaturated/α-hetero) is 2. The summed E-state index contributed by atoms with van der Waals surface area (Å²) in [6.45, 7) is 4.99. The zero-order chi connectivity index (χ0) is 14.9. The van der Waals surface area contributed by atoms with Crippen molar-refractivity contribution in [3.8, 4) is 11.8 Å². The van der Waals surface area contributed by atoms with Gasteiger partial charge in [-0.1, -0.05) is 0 Å². The van der Waals surface area contributed by atoms with Gasteiger partial charge in [0.1, 0.15) is 5.75 Å². The number of hydrogen-bond donors (Lipinski definition) is 0. The predicted molar refractivity (Wildman–Crippen MR) is 73.5 cm³/mol. The number of ether oxygens (including phenoxy) is 1. The quantitative estimate of drug-likeness (QED) is 0.772. The highest BCUT2D eigenvalue weighted by atomic mass is 16.5. The van der Waals surface area contributed by atoms with E-state index >= 15 is 0 Å². The van der Waals surface area contributed by atoms with Crippen molar-refractivity contribution >= 4 is 11.6 Å². The zero-order valence-electron chi connectivity index (χ0n) is 11.9. The van der Waals surface area contributed by atoms with Crippen LogP contribution < -0.4 is 4.74 Å². The van der Waals surface area contributed by atoms with Crippen LogP contribution in [0.1, 0.15) is 36.5 Å². The lowest BCUT2D eigenvalue weighted by atomic mass is 10.0. The molecule has 1 aromatic carbocycles. The average molecular weight is 271 g/mol. The molecule has 1 saturated carbocycles. The van der Waals surface area contributed by atoms with Gasteiger partial charge in [0.05, 0.1) is 11.6 Å². The van der Waals surface area contributed by atoms with Crippen LogP contribution in [0.2, 0.25) is 0 Å². The highest BCUT2D eigenvalue weighted by Gasteiger charge is 2.38. The number of hydrogen-bond acceptors (Lipinski definition) is 4. The van der Waals surface area contributed by atoms with Crippen molar-refractivity contribution in [3.63, 3.8) is 0 Å². The second-order valence-electron chi connectivity index (χ2n) is 5.33. The number of benzene rings is 1. The number of rotatable bonds is 5. The van der Waals surface area contributed by atoms with Crippen molar-refractivity contribution in [2.24, 2.45) is 5.92 Å². The molecule has 0 bridgehead atoms. The van der Waals surface area contributed by atoms with E-state index in [9.17, 15) is 9.59 Å². The Morgan fingerprint density at radius 1 is 1.30 bits per heavy atom. The Hall–Kier alpha value is -2.15. The van der Waals surface area contributed by atoms with Crippen molar-refractivity contribution in [2.45, 2.75) is 39.7 Å². The lowest BCUT2D eigenvalue weighted by Gasteiger charge is -2.16. The first-order valence-corrected chi connectivity index (χ1v) is 6.66. The summed E-state index contributed by atoms with van der Waals surface area (Å²) in [5.74, 6) is 0.0383. The van der Waals surface area contributed by atoms with Crippen molar-refractivity contribution in [3.05, 3.63) is 28.8 Å². The molecule has 1 aliphatic carbocycles. The fraction of sp³-hybridized carbons (Fsp3) is 0.438. The maximum absolute atomic E-state index is 12.0. The van der Waals surface area contributed by atoms with Gasteiger partial charge in [-0.05, 0) is 56.9 Å². The summed E-state index contributed by atoms with van der Waals surface area (Å²) < 4.78 is 5.59. The van der Waals surface area contributed by atoms with Gasteiger partial charge in [-0.2, -0.15) is 5.26 Å². The van der Waals surface area contributed by atoms with Gasteiger partial charge in [0.15, 0.2) is 11.6 Å². The van der Waals surface area contributed by atoms with Crippen molar-refractivity contribution in [1.82, 2.24) is 0 Å². The molecule has 0 amide bonds. The fourth-order valence-corrected chi connectivity index (χ4v) is 2.23. The van der Waals surface area contributed by atoms with E-state index in [1.807, 2.05) is 13.8 Å². The third-order valence-corrected chi connectivity index (χ3v) is 3.48. The summed E-state index contributed by atoms with van der Waals surface area (Å²) >= 11 is 0. The normalized spacial score (nSPS) is 15.3. The van der Waals surface area contributed by atoms with E-state index in [4.69, 9.17) is 10.00 Å². The molecular weight excluding hydrogens is 254 g/mol. The van der Waals surface area contributed by atoms with E-state index in [-0.39, 0.29) is 17.5 Å².